The van der Waals surface area contributed by atoms with E-state index in [-0.39, 0.29) is 35.3 Å². The van der Waals surface area contributed by atoms with Crippen LogP contribution >= 0.6 is 23.2 Å². The number of benzene rings is 2. The lowest BCUT2D eigenvalue weighted by molar-refractivity contribution is 0.0696. The number of halogens is 2. The van der Waals surface area contributed by atoms with E-state index in [1.165, 1.54) is 52.8 Å². The van der Waals surface area contributed by atoms with Crippen molar-refractivity contribution in [1.82, 2.24) is 25.1 Å². The molecule has 0 radical (unpaired) electrons. The molecular formula is C39H50Cl2N6O5. The summed E-state index contributed by atoms with van der Waals surface area (Å²) in [6.07, 6.45) is 5.42. The number of nitrogens with one attached hydrogen (secondary N) is 1. The van der Waals surface area contributed by atoms with Gasteiger partial charge in [0.1, 0.15) is 10.3 Å². The van der Waals surface area contributed by atoms with Crippen LogP contribution in [0.25, 0.3) is 0 Å². The van der Waals surface area contributed by atoms with Crippen molar-refractivity contribution in [3.8, 4) is 0 Å². The molecule has 6 rings (SSSR count). The monoisotopic (exact) mass is 752 g/mol. The number of aliphatic hydroxyl groups excluding tert-OH is 2. The minimum atomic E-state index is -0.996. The molecular weight excluding hydrogens is 703 g/mol. The van der Waals surface area contributed by atoms with E-state index in [4.69, 9.17) is 34.0 Å². The largest absolute Gasteiger partial charge is 0.478 e. The van der Waals surface area contributed by atoms with Crippen molar-refractivity contribution in [3.63, 3.8) is 0 Å². The molecule has 13 heteroatoms. The maximum absolute atomic E-state index is 12.0. The second kappa shape index (κ2) is 22.2. The highest BCUT2D eigenvalue weighted by Gasteiger charge is 2.19. The first-order valence-corrected chi connectivity index (χ1v) is 17.8. The molecule has 2 aromatic heterocycles. The number of carboxylic acids is 1. The van der Waals surface area contributed by atoms with Crippen LogP contribution in [0.1, 0.15) is 63.2 Å². The summed E-state index contributed by atoms with van der Waals surface area (Å²) in [5, 5.41) is 31.7. The Bertz CT molecular complexity index is 1710. The number of rotatable bonds is 11. The number of nitrogens with two attached hydrogens (primary N) is 1. The Morgan fingerprint density at radius 2 is 1.21 bits per heavy atom. The molecule has 1 amide bonds. The fourth-order valence-corrected chi connectivity index (χ4v) is 6.27. The van der Waals surface area contributed by atoms with Crippen molar-refractivity contribution in [3.05, 3.63) is 129 Å². The maximum atomic E-state index is 12.0. The Hall–Kier alpha value is -3.94. The van der Waals surface area contributed by atoms with Gasteiger partial charge in [0, 0.05) is 63.8 Å². The van der Waals surface area contributed by atoms with Crippen LogP contribution in [0, 0.1) is 0 Å². The third kappa shape index (κ3) is 14.2. The fraction of sp³-hybridized carbons (Fsp3) is 0.385. The van der Waals surface area contributed by atoms with Crippen LogP contribution in [0.5, 0.6) is 0 Å². The molecule has 2 atom stereocenters. The van der Waals surface area contributed by atoms with E-state index in [0.717, 1.165) is 45.6 Å². The molecule has 6 N–H and O–H groups in total. The van der Waals surface area contributed by atoms with Crippen LogP contribution in [0.3, 0.4) is 0 Å². The molecule has 280 valence electrons. The van der Waals surface area contributed by atoms with Gasteiger partial charge in [0.2, 0.25) is 0 Å². The molecule has 0 saturated heterocycles. The van der Waals surface area contributed by atoms with Crippen LogP contribution in [0.4, 0.5) is 0 Å². The molecule has 2 aliphatic heterocycles. The van der Waals surface area contributed by atoms with E-state index < -0.39 is 12.1 Å². The topological polar surface area (TPSA) is 165 Å². The Kier molecular flexibility index (Phi) is 18.1. The van der Waals surface area contributed by atoms with Crippen molar-refractivity contribution in [2.75, 3.05) is 39.3 Å². The number of carbonyl (C=O) groups excluding carboxylic acids is 1. The Labute approximate surface area is 316 Å². The highest BCUT2D eigenvalue weighted by molar-refractivity contribution is 6.30. The van der Waals surface area contributed by atoms with E-state index in [0.29, 0.717) is 38.0 Å². The summed E-state index contributed by atoms with van der Waals surface area (Å²) in [5.41, 5.74) is 11.6. The first kappa shape index (κ1) is 42.5. The smallest absolute Gasteiger partial charge is 0.335 e. The average Bonchev–Trinajstić information content (AvgIpc) is 3.12. The third-order valence-corrected chi connectivity index (χ3v) is 9.00. The lowest BCUT2D eigenvalue weighted by Gasteiger charge is -2.30. The molecule has 0 aliphatic carbocycles. The minimum Gasteiger partial charge on any atom is -0.478 e. The van der Waals surface area contributed by atoms with E-state index in [1.807, 2.05) is 0 Å². The van der Waals surface area contributed by atoms with Gasteiger partial charge in [-0.05, 0) is 78.7 Å². The molecule has 0 bridgehead atoms. The quantitative estimate of drug-likeness (QED) is 0.130. The van der Waals surface area contributed by atoms with Gasteiger partial charge in [-0.15, -0.1) is 0 Å². The van der Waals surface area contributed by atoms with Gasteiger partial charge in [0.25, 0.3) is 5.91 Å². The highest BCUT2D eigenvalue weighted by Crippen LogP contribution is 2.20. The molecule has 2 aromatic carbocycles. The minimum absolute atomic E-state index is 0. The fourth-order valence-electron chi connectivity index (χ4n) is 5.92. The molecule has 0 fully saturated rings. The van der Waals surface area contributed by atoms with Gasteiger partial charge >= 0.3 is 5.97 Å². The van der Waals surface area contributed by atoms with Gasteiger partial charge in [-0.3, -0.25) is 14.6 Å². The summed E-state index contributed by atoms with van der Waals surface area (Å²) in [6.45, 7) is 6.16. The number of aromatic nitrogens is 2. The lowest BCUT2D eigenvalue weighted by Crippen LogP contribution is -2.38. The van der Waals surface area contributed by atoms with Crippen LogP contribution in [-0.2, 0) is 25.9 Å². The van der Waals surface area contributed by atoms with Gasteiger partial charge in [-0.2, -0.15) is 0 Å². The molecule has 11 nitrogen and oxygen atoms in total. The second-order valence-corrected chi connectivity index (χ2v) is 13.3. The van der Waals surface area contributed by atoms with Crippen molar-refractivity contribution < 1.29 is 24.9 Å². The number of aromatic carboxylic acids is 1. The average molecular weight is 754 g/mol. The predicted molar refractivity (Wildman–Crippen MR) is 206 cm³/mol. The number of fused-ring (bicyclic) bond motifs is 2. The summed E-state index contributed by atoms with van der Waals surface area (Å²) < 4.78 is 0. The number of nitrogens with zero attached hydrogens (tertiary/aromatic N) is 4. The number of hydrogen-bond donors (Lipinski definition) is 5. The van der Waals surface area contributed by atoms with Crippen molar-refractivity contribution in [2.45, 2.75) is 58.4 Å². The second-order valence-electron chi connectivity index (χ2n) is 12.5. The maximum Gasteiger partial charge on any atom is 0.335 e. The number of pyridine rings is 2. The number of β-amino-alcohol motifs (C(OH)–C–C–N with tert-alkyl or cyclic N) is 2. The van der Waals surface area contributed by atoms with Gasteiger partial charge in [0.15, 0.2) is 0 Å². The van der Waals surface area contributed by atoms with Crippen LogP contribution < -0.4 is 11.1 Å². The van der Waals surface area contributed by atoms with Crippen molar-refractivity contribution in [2.24, 2.45) is 5.73 Å². The van der Waals surface area contributed by atoms with Gasteiger partial charge in [-0.1, -0.05) is 79.2 Å². The first-order chi connectivity index (χ1) is 24.6. The molecule has 4 aromatic rings. The normalized spacial score (nSPS) is 14.8. The lowest BCUT2D eigenvalue weighted by atomic mass is 9.99. The molecule has 4 heterocycles. The van der Waals surface area contributed by atoms with Gasteiger partial charge in [0.05, 0.1) is 17.8 Å². The summed E-state index contributed by atoms with van der Waals surface area (Å²) >= 11 is 11.2. The molecule has 0 saturated carbocycles. The number of carbonyl (C=O) groups is 2. The van der Waals surface area contributed by atoms with Gasteiger partial charge < -0.3 is 26.4 Å². The first-order valence-electron chi connectivity index (χ1n) is 17.0. The molecule has 52 heavy (non-hydrogen) atoms. The third-order valence-electron chi connectivity index (χ3n) is 8.58. The molecule has 2 aliphatic rings. The van der Waals surface area contributed by atoms with Crippen LogP contribution in [0.2, 0.25) is 10.3 Å². The molecule has 2 unspecified atom stereocenters. The Balaban J connectivity index is 0.000000231. The zero-order chi connectivity index (χ0) is 36.6. The van der Waals surface area contributed by atoms with E-state index >= 15 is 0 Å². The number of amides is 1. The Morgan fingerprint density at radius 3 is 1.67 bits per heavy atom. The summed E-state index contributed by atoms with van der Waals surface area (Å²) in [5.74, 6) is -1.20. The van der Waals surface area contributed by atoms with E-state index in [1.54, 1.807) is 6.07 Å². The zero-order valence-electron chi connectivity index (χ0n) is 28.5. The SMILES string of the molecule is C.NCCC(O)CN1CCc2ccccc2C1.O=C(NCCC(O)CN1CCc2ccccc2C1)c1ccnc(Cl)c1.O=C(O)c1ccnc(Cl)c1. The van der Waals surface area contributed by atoms with Crippen molar-refractivity contribution >= 4 is 35.1 Å². The van der Waals surface area contributed by atoms with Crippen LogP contribution in [0.15, 0.2) is 85.2 Å². The standard InChI is InChI=1S/C19H22ClN3O2.C13H20N2O.C6H4ClNO2.CH4/c20-18-11-15(5-8-21-18)19(25)22-9-6-17(24)13-23-10-7-14-3-1-2-4-16(14)12-23;14-7-5-13(16)10-15-8-6-11-3-1-2-4-12(11)9-15;7-5-3-4(6(9)10)1-2-8-5;/h1-5,8,11,17,24H,6-7,9-10,12-13H2,(H,22,25);1-4,13,16H,5-10,14H2;1-3H,(H,9,10);1H4. The predicted octanol–water partition coefficient (Wildman–Crippen LogP) is 5.10. The number of hydrogen-bond acceptors (Lipinski definition) is 9. The van der Waals surface area contributed by atoms with Crippen LogP contribution in [-0.4, -0.2) is 98.4 Å². The summed E-state index contributed by atoms with van der Waals surface area (Å²) in [6, 6.07) is 22.8. The number of aliphatic hydroxyl groups is 2. The zero-order valence-corrected chi connectivity index (χ0v) is 30.0. The van der Waals surface area contributed by atoms with Crippen molar-refractivity contribution in [1.29, 1.82) is 0 Å². The van der Waals surface area contributed by atoms with E-state index in [9.17, 15) is 19.8 Å². The van der Waals surface area contributed by atoms with E-state index in [2.05, 4.69) is 73.6 Å². The summed E-state index contributed by atoms with van der Waals surface area (Å²) in [7, 11) is 0. The van der Waals surface area contributed by atoms with Gasteiger partial charge in [-0.25, -0.2) is 14.8 Å². The highest BCUT2D eigenvalue weighted by atomic mass is 35.5. The number of carboxylic acid groups (broad SMARTS) is 1. The summed E-state index contributed by atoms with van der Waals surface area (Å²) in [4.78, 5) is 34.3. The Morgan fingerprint density at radius 1 is 0.750 bits per heavy atom. The molecule has 0 spiro atoms.